The Morgan fingerprint density at radius 3 is 2.00 bits per heavy atom. The molecule has 82 valence electrons. The fraction of sp³-hybridized carbons (Fsp3) is 0.636. The van der Waals surface area contributed by atoms with Gasteiger partial charge in [-0.2, -0.15) is 0 Å². The van der Waals surface area contributed by atoms with Gasteiger partial charge in [0.1, 0.15) is 5.60 Å². The van der Waals surface area contributed by atoms with Crippen LogP contribution < -0.4 is 0 Å². The van der Waals surface area contributed by atoms with Crippen LogP contribution in [-0.2, 0) is 9.16 Å². The Hall–Kier alpha value is -0.703. The Balaban J connectivity index is 4.48. The van der Waals surface area contributed by atoms with Gasteiger partial charge >= 0.3 is 0 Å². The van der Waals surface area contributed by atoms with Crippen molar-refractivity contribution in [2.75, 3.05) is 0 Å². The Morgan fingerprint density at radius 2 is 1.71 bits per heavy atom. The summed E-state index contributed by atoms with van der Waals surface area (Å²) in [5, 5.41) is 0. The monoisotopic (exact) mass is 214 g/mol. The van der Waals surface area contributed by atoms with Gasteiger partial charge in [0.15, 0.2) is 0 Å². The van der Waals surface area contributed by atoms with Gasteiger partial charge in [0.05, 0.1) is 0 Å². The summed E-state index contributed by atoms with van der Waals surface area (Å²) in [6.07, 6.45) is 3.45. The summed E-state index contributed by atoms with van der Waals surface area (Å²) < 4.78 is 11.4. The van der Waals surface area contributed by atoms with Crippen molar-refractivity contribution < 1.29 is 9.16 Å². The van der Waals surface area contributed by atoms with Gasteiger partial charge in [-0.1, -0.05) is 12.7 Å². The van der Waals surface area contributed by atoms with Crippen molar-refractivity contribution in [1.29, 1.82) is 0 Å². The van der Waals surface area contributed by atoms with Crippen molar-refractivity contribution in [3.05, 3.63) is 24.7 Å². The van der Waals surface area contributed by atoms with E-state index in [1.165, 1.54) is 0 Å². The lowest BCUT2D eigenvalue weighted by Crippen LogP contribution is -2.29. The van der Waals surface area contributed by atoms with Crippen LogP contribution in [0, 0.1) is 0 Å². The first kappa shape index (κ1) is 13.3. The van der Waals surface area contributed by atoms with Gasteiger partial charge in [0.25, 0.3) is 5.95 Å². The maximum absolute atomic E-state index is 5.76. The maximum Gasteiger partial charge on any atom is 0.265 e. The van der Waals surface area contributed by atoms with E-state index in [1.54, 1.807) is 12.2 Å². The third-order valence-electron chi connectivity index (χ3n) is 1.07. The van der Waals surface area contributed by atoms with Gasteiger partial charge in [-0.15, -0.1) is 0 Å². The molecular weight excluding hydrogens is 192 g/mol. The van der Waals surface area contributed by atoms with Crippen LogP contribution in [0.1, 0.15) is 20.8 Å². The van der Waals surface area contributed by atoms with Crippen molar-refractivity contribution in [2.24, 2.45) is 0 Å². The Bertz CT molecular complexity index is 200. The lowest BCUT2D eigenvalue weighted by atomic mass is 10.2. The molecule has 0 bridgehead atoms. The summed E-state index contributed by atoms with van der Waals surface area (Å²) in [5.41, 5.74) is -0.228. The molecule has 0 spiro atoms. The zero-order chi connectivity index (χ0) is 11.4. The fourth-order valence-electron chi connectivity index (χ4n) is 0.789. The average molecular weight is 214 g/mol. The lowest BCUT2D eigenvalue weighted by molar-refractivity contribution is -0.00809. The normalized spacial score (nSPS) is 13.7. The third-order valence-corrected chi connectivity index (χ3v) is 1.88. The zero-order valence-electron chi connectivity index (χ0n) is 10.2. The minimum atomic E-state index is -1.60. The molecular formula is C11H22O2Si. The molecule has 0 rings (SSSR count). The highest BCUT2D eigenvalue weighted by Crippen LogP contribution is 2.18. The van der Waals surface area contributed by atoms with Crippen LogP contribution in [-0.4, -0.2) is 13.9 Å². The largest absolute Gasteiger partial charge is 0.520 e. The Morgan fingerprint density at radius 1 is 1.21 bits per heavy atom. The van der Waals surface area contributed by atoms with Crippen LogP contribution in [0.15, 0.2) is 24.7 Å². The van der Waals surface area contributed by atoms with E-state index < -0.39 is 8.32 Å². The maximum atomic E-state index is 5.76. The molecule has 0 heterocycles. The predicted molar refractivity (Wildman–Crippen MR) is 63.5 cm³/mol. The first-order chi connectivity index (χ1) is 6.14. The number of allylic oxidation sites excluding steroid dienone is 2. The van der Waals surface area contributed by atoms with Crippen LogP contribution >= 0.6 is 0 Å². The molecule has 0 aliphatic heterocycles. The number of rotatable bonds is 4. The van der Waals surface area contributed by atoms with Crippen molar-refractivity contribution >= 4 is 8.32 Å². The van der Waals surface area contributed by atoms with E-state index in [4.69, 9.17) is 9.16 Å². The summed E-state index contributed by atoms with van der Waals surface area (Å²) in [4.78, 5) is 0. The first-order valence-electron chi connectivity index (χ1n) is 4.85. The van der Waals surface area contributed by atoms with E-state index in [9.17, 15) is 0 Å². The Kier molecular flexibility index (Phi) is 4.45. The second kappa shape index (κ2) is 4.69. The molecule has 3 heteroatoms. The fourth-order valence-corrected chi connectivity index (χ4v) is 1.50. The van der Waals surface area contributed by atoms with Crippen LogP contribution in [0.25, 0.3) is 0 Å². The lowest BCUT2D eigenvalue weighted by Gasteiger charge is -2.27. The van der Waals surface area contributed by atoms with E-state index in [-0.39, 0.29) is 5.60 Å². The van der Waals surface area contributed by atoms with Crippen LogP contribution in [0.3, 0.4) is 0 Å². The smallest absolute Gasteiger partial charge is 0.265 e. The van der Waals surface area contributed by atoms with Gasteiger partial charge in [0.2, 0.25) is 8.32 Å². The van der Waals surface area contributed by atoms with E-state index >= 15 is 0 Å². The van der Waals surface area contributed by atoms with Crippen molar-refractivity contribution in [3.8, 4) is 0 Å². The number of hydrogen-bond acceptors (Lipinski definition) is 2. The molecule has 0 atom stereocenters. The molecule has 0 aliphatic rings. The second-order valence-electron chi connectivity index (χ2n) is 5.15. The number of hydrogen-bond donors (Lipinski definition) is 0. The molecule has 0 aromatic carbocycles. The van der Waals surface area contributed by atoms with Crippen molar-refractivity contribution in [3.63, 3.8) is 0 Å². The van der Waals surface area contributed by atoms with Crippen molar-refractivity contribution in [1.82, 2.24) is 0 Å². The van der Waals surface area contributed by atoms with E-state index in [2.05, 4.69) is 26.2 Å². The van der Waals surface area contributed by atoms with Gasteiger partial charge in [-0.05, 0) is 40.4 Å². The minimum Gasteiger partial charge on any atom is -0.520 e. The average Bonchev–Trinajstić information content (AvgIpc) is 1.78. The zero-order valence-corrected chi connectivity index (χ0v) is 11.2. The molecule has 0 unspecified atom stereocenters. The van der Waals surface area contributed by atoms with E-state index in [0.29, 0.717) is 5.95 Å². The molecule has 0 fully saturated rings. The van der Waals surface area contributed by atoms with Gasteiger partial charge < -0.3 is 9.16 Å². The quantitative estimate of drug-likeness (QED) is 0.404. The number of ether oxygens (including phenoxy) is 1. The third kappa shape index (κ3) is 7.92. The van der Waals surface area contributed by atoms with Crippen molar-refractivity contribution in [2.45, 2.75) is 46.0 Å². The molecule has 0 radical (unpaired) electrons. The van der Waals surface area contributed by atoms with Crippen LogP contribution in [0.4, 0.5) is 0 Å². The molecule has 2 nitrogen and oxygen atoms in total. The van der Waals surface area contributed by atoms with E-state index in [0.717, 1.165) is 0 Å². The molecule has 0 aromatic heterocycles. The standard InChI is InChI=1S/C11H22O2Si/c1-8-9-10(12-11(2,3)4)13-14(5,6)7/h8-9H,1H2,2-7H3. The highest BCUT2D eigenvalue weighted by molar-refractivity contribution is 6.69. The second-order valence-corrected chi connectivity index (χ2v) is 9.58. The van der Waals surface area contributed by atoms with Crippen LogP contribution in [0.2, 0.25) is 19.6 Å². The van der Waals surface area contributed by atoms with Gasteiger partial charge in [0, 0.05) is 6.08 Å². The molecule has 14 heavy (non-hydrogen) atoms. The molecule has 0 N–H and O–H groups in total. The van der Waals surface area contributed by atoms with Crippen LogP contribution in [0.5, 0.6) is 0 Å². The summed E-state index contributed by atoms with van der Waals surface area (Å²) in [5.74, 6) is 0.576. The Labute approximate surface area is 88.7 Å². The topological polar surface area (TPSA) is 18.5 Å². The first-order valence-corrected chi connectivity index (χ1v) is 8.26. The summed E-state index contributed by atoms with van der Waals surface area (Å²) in [6, 6.07) is 0. The van der Waals surface area contributed by atoms with Gasteiger partial charge in [-0.25, -0.2) is 0 Å². The highest BCUT2D eigenvalue weighted by atomic mass is 28.4. The minimum absolute atomic E-state index is 0.228. The molecule has 0 amide bonds. The molecule has 0 aliphatic carbocycles. The highest BCUT2D eigenvalue weighted by Gasteiger charge is 2.21. The molecule has 0 saturated heterocycles. The van der Waals surface area contributed by atoms with Gasteiger partial charge in [-0.3, -0.25) is 0 Å². The molecule has 0 saturated carbocycles. The summed E-state index contributed by atoms with van der Waals surface area (Å²) >= 11 is 0. The van der Waals surface area contributed by atoms with E-state index in [1.807, 2.05) is 20.8 Å². The summed E-state index contributed by atoms with van der Waals surface area (Å²) in [7, 11) is -1.60. The predicted octanol–water partition coefficient (Wildman–Crippen LogP) is 3.68. The SMILES string of the molecule is C=CC=C(OC(C)(C)C)O[Si](C)(C)C. The molecule has 0 aromatic rings. The summed E-state index contributed by atoms with van der Waals surface area (Å²) in [6.45, 7) is 16.0.